The van der Waals surface area contributed by atoms with Crippen LogP contribution in [0.1, 0.15) is 12.5 Å². The lowest BCUT2D eigenvalue weighted by Gasteiger charge is -2.37. The first kappa shape index (κ1) is 22.7. The third-order valence-corrected chi connectivity index (χ3v) is 6.59. The number of halogens is 3. The lowest BCUT2D eigenvalue weighted by atomic mass is 9.87. The molecule has 0 aromatic heterocycles. The van der Waals surface area contributed by atoms with E-state index >= 15 is 0 Å². The van der Waals surface area contributed by atoms with Crippen molar-refractivity contribution in [1.29, 1.82) is 0 Å². The van der Waals surface area contributed by atoms with E-state index in [0.29, 0.717) is 10.6 Å². The van der Waals surface area contributed by atoms with Gasteiger partial charge in [0.25, 0.3) is 0 Å². The van der Waals surface area contributed by atoms with Gasteiger partial charge in [0.2, 0.25) is 0 Å². The molecule has 0 amide bonds. The second-order valence-electron chi connectivity index (χ2n) is 7.80. The third-order valence-electron chi connectivity index (χ3n) is 5.85. The number of nitrogens with one attached hydrogen (secondary N) is 2. The maximum Gasteiger partial charge on any atom is 0.160 e. The Kier molecular flexibility index (Phi) is 6.18. The van der Waals surface area contributed by atoms with Gasteiger partial charge in [0.1, 0.15) is 41.5 Å². The lowest BCUT2D eigenvalue weighted by molar-refractivity contribution is -0.151. The molecule has 0 bridgehead atoms. The van der Waals surface area contributed by atoms with E-state index in [1.807, 2.05) is 0 Å². The van der Waals surface area contributed by atoms with Gasteiger partial charge in [-0.3, -0.25) is 20.6 Å². The molecule has 3 aliphatic rings. The Morgan fingerprint density at radius 3 is 2.74 bits per heavy atom. The fourth-order valence-electron chi connectivity index (χ4n) is 4.23. The molecule has 0 saturated carbocycles. The second kappa shape index (κ2) is 8.45. The zero-order valence-electron chi connectivity index (χ0n) is 16.7. The average molecular weight is 477 g/mol. The Morgan fingerprint density at radius 1 is 1.32 bits per heavy atom. The lowest BCUT2D eigenvalue weighted by Crippen LogP contribution is -2.57. The number of nitrogens with zero attached hydrogens (tertiary/aromatic N) is 2. The topological polar surface area (TPSA) is 119 Å². The summed E-state index contributed by atoms with van der Waals surface area (Å²) in [4.78, 5) is 10.5. The van der Waals surface area contributed by atoms with Crippen molar-refractivity contribution in [3.05, 3.63) is 45.8 Å². The summed E-state index contributed by atoms with van der Waals surface area (Å²) in [7, 11) is 1.39. The van der Waals surface area contributed by atoms with Gasteiger partial charge in [-0.2, -0.15) is 0 Å². The molecular formula is C19H23Cl2FN4O5. The molecule has 9 nitrogen and oxygen atoms in total. The van der Waals surface area contributed by atoms with Crippen molar-refractivity contribution in [3.63, 3.8) is 0 Å². The second-order valence-corrected chi connectivity index (χ2v) is 8.61. The molecule has 0 radical (unpaired) electrons. The van der Waals surface area contributed by atoms with E-state index in [-0.39, 0.29) is 17.5 Å². The van der Waals surface area contributed by atoms with Gasteiger partial charge in [0, 0.05) is 6.20 Å². The zero-order chi connectivity index (χ0) is 22.5. The summed E-state index contributed by atoms with van der Waals surface area (Å²) in [6.07, 6.45) is -4.70. The molecule has 3 aliphatic heterocycles. The monoisotopic (exact) mass is 476 g/mol. The largest absolute Gasteiger partial charge is 0.387 e. The highest BCUT2D eigenvalue weighted by Crippen LogP contribution is 2.41. The smallest absolute Gasteiger partial charge is 0.160 e. The first-order valence-electron chi connectivity index (χ1n) is 9.57. The molecule has 0 aliphatic carbocycles. The van der Waals surface area contributed by atoms with E-state index in [1.165, 1.54) is 37.3 Å². The number of benzene rings is 1. The van der Waals surface area contributed by atoms with E-state index < -0.39 is 48.1 Å². The van der Waals surface area contributed by atoms with Gasteiger partial charge in [0.15, 0.2) is 6.23 Å². The standard InChI is InChI=1S/C19H23Cl2FN4O5/c1-19(29,8-3-4-9(20)10(21)5-8)15-13(27)14(28)18(31-15)26-6-11(22)12-16(25-30-2)23-7-24-17(12)26/h3-6,12-15,17-18,24,27-29H,7H2,1-2H3,(H,23,25)/t12?,13-,14+,15-,17?,18+,19+/m0/s1. The molecule has 1 fully saturated rings. The third kappa shape index (κ3) is 3.81. The number of rotatable bonds is 4. The maximum absolute atomic E-state index is 14.8. The van der Waals surface area contributed by atoms with Gasteiger partial charge in [-0.25, -0.2) is 4.39 Å². The van der Waals surface area contributed by atoms with Crippen molar-refractivity contribution >= 4 is 29.0 Å². The van der Waals surface area contributed by atoms with E-state index in [4.69, 9.17) is 32.8 Å². The minimum absolute atomic E-state index is 0.181. The van der Waals surface area contributed by atoms with Crippen LogP contribution in [-0.2, 0) is 15.2 Å². The van der Waals surface area contributed by atoms with E-state index in [1.54, 1.807) is 6.07 Å². The minimum Gasteiger partial charge on any atom is -0.387 e. The molecule has 1 aromatic rings. The first-order chi connectivity index (χ1) is 14.7. The van der Waals surface area contributed by atoms with Crippen LogP contribution in [-0.4, -0.2) is 70.5 Å². The Labute approximate surface area is 188 Å². The van der Waals surface area contributed by atoms with Crippen LogP contribution in [0, 0.1) is 5.92 Å². The molecular weight excluding hydrogens is 454 g/mol. The maximum atomic E-state index is 14.8. The Bertz CT molecular complexity index is 917. The van der Waals surface area contributed by atoms with Gasteiger partial charge in [-0.1, -0.05) is 29.3 Å². The normalized spacial score (nSPS) is 34.8. The molecule has 2 unspecified atom stereocenters. The Hall–Kier alpha value is -1.50. The number of fused-ring (bicyclic) bond motifs is 1. The van der Waals surface area contributed by atoms with Gasteiger partial charge < -0.3 is 25.0 Å². The predicted molar refractivity (Wildman–Crippen MR) is 111 cm³/mol. The van der Waals surface area contributed by atoms with Crippen LogP contribution in [0.5, 0.6) is 0 Å². The van der Waals surface area contributed by atoms with Crippen molar-refractivity contribution in [1.82, 2.24) is 15.7 Å². The summed E-state index contributed by atoms with van der Waals surface area (Å²) < 4.78 is 20.7. The van der Waals surface area contributed by atoms with Crippen LogP contribution < -0.4 is 10.8 Å². The molecule has 1 saturated heterocycles. The summed E-state index contributed by atoms with van der Waals surface area (Å²) >= 11 is 12.0. The fourth-order valence-corrected chi connectivity index (χ4v) is 4.53. The Morgan fingerprint density at radius 2 is 2.06 bits per heavy atom. The molecule has 3 heterocycles. The molecule has 31 heavy (non-hydrogen) atoms. The number of hydrogen-bond acceptors (Lipinski definition) is 9. The van der Waals surface area contributed by atoms with Gasteiger partial charge in [-0.15, -0.1) is 0 Å². The van der Waals surface area contributed by atoms with Crippen molar-refractivity contribution in [2.45, 2.75) is 43.2 Å². The summed E-state index contributed by atoms with van der Waals surface area (Å²) in [5.74, 6) is -1.04. The number of ether oxygens (including phenoxy) is 1. The number of hydrogen-bond donors (Lipinski definition) is 5. The minimum atomic E-state index is -1.73. The van der Waals surface area contributed by atoms with Crippen molar-refractivity contribution in [2.75, 3.05) is 13.8 Å². The summed E-state index contributed by atoms with van der Waals surface area (Å²) in [5, 5.41) is 36.2. The van der Waals surface area contributed by atoms with Crippen LogP contribution in [0.3, 0.4) is 0 Å². The molecule has 4 rings (SSSR count). The molecule has 5 N–H and O–H groups in total. The van der Waals surface area contributed by atoms with Crippen LogP contribution in [0.2, 0.25) is 10.0 Å². The molecule has 0 spiro atoms. The average Bonchev–Trinajstić information content (AvgIpc) is 3.22. The number of aliphatic hydroxyl groups excluding tert-OH is 2. The number of aliphatic hydroxyl groups is 3. The quantitative estimate of drug-likeness (QED) is 0.405. The van der Waals surface area contributed by atoms with Crippen molar-refractivity contribution in [3.8, 4) is 0 Å². The van der Waals surface area contributed by atoms with Crippen LogP contribution >= 0.6 is 23.2 Å². The highest BCUT2D eigenvalue weighted by molar-refractivity contribution is 6.42. The number of hydroxylamine groups is 1. The van der Waals surface area contributed by atoms with Crippen LogP contribution in [0.4, 0.5) is 4.39 Å². The fraction of sp³-hybridized carbons (Fsp3) is 0.526. The van der Waals surface area contributed by atoms with Crippen molar-refractivity contribution in [2.24, 2.45) is 10.9 Å². The molecule has 170 valence electrons. The van der Waals surface area contributed by atoms with Gasteiger partial charge in [0.05, 0.1) is 30.0 Å². The summed E-state index contributed by atoms with van der Waals surface area (Å²) in [6, 6.07) is 4.53. The number of amidine groups is 1. The highest BCUT2D eigenvalue weighted by atomic mass is 35.5. The number of aliphatic imine (C=N–C) groups is 1. The first-order valence-corrected chi connectivity index (χ1v) is 10.3. The molecule has 1 aromatic carbocycles. The summed E-state index contributed by atoms with van der Waals surface area (Å²) in [6.45, 7) is 1.62. The molecule has 12 heteroatoms. The SMILES string of the molecule is CONC1=NCNC2C1C(F)=CN2[C@@H]1O[C@H]([C@](C)(O)c2ccc(Cl)c(Cl)c2)[C@@H](O)[C@H]1O. The predicted octanol–water partition coefficient (Wildman–Crippen LogP) is 0.827. The van der Waals surface area contributed by atoms with Gasteiger partial charge in [-0.05, 0) is 24.6 Å². The molecule has 7 atom stereocenters. The van der Waals surface area contributed by atoms with Crippen molar-refractivity contribution < 1.29 is 29.3 Å². The van der Waals surface area contributed by atoms with E-state index in [2.05, 4.69) is 15.8 Å². The zero-order valence-corrected chi connectivity index (χ0v) is 18.2. The van der Waals surface area contributed by atoms with Crippen LogP contribution in [0.15, 0.2) is 35.2 Å². The van der Waals surface area contributed by atoms with Crippen LogP contribution in [0.25, 0.3) is 0 Å². The Balaban J connectivity index is 1.59. The summed E-state index contributed by atoms with van der Waals surface area (Å²) in [5.41, 5.74) is 1.18. The van der Waals surface area contributed by atoms with Gasteiger partial charge >= 0.3 is 0 Å². The van der Waals surface area contributed by atoms with E-state index in [0.717, 1.165) is 0 Å². The highest BCUT2D eigenvalue weighted by Gasteiger charge is 2.56. The van der Waals surface area contributed by atoms with E-state index in [9.17, 15) is 19.7 Å².